The topological polar surface area (TPSA) is 81.8 Å². The lowest BCUT2D eigenvalue weighted by Gasteiger charge is -2.07. The predicted molar refractivity (Wildman–Crippen MR) is 119 cm³/mol. The molecule has 6 nitrogen and oxygen atoms in total. The van der Waals surface area contributed by atoms with Crippen LogP contribution >= 0.6 is 11.8 Å². The fourth-order valence-corrected chi connectivity index (χ4v) is 3.57. The third-order valence-electron chi connectivity index (χ3n) is 4.42. The highest BCUT2D eigenvalue weighted by Crippen LogP contribution is 2.31. The number of thioether (sulfide) groups is 1. The molecule has 7 heteroatoms. The third-order valence-corrected chi connectivity index (χ3v) is 5.29. The molecular weight excluding hydrogens is 414 g/mol. The van der Waals surface area contributed by atoms with Gasteiger partial charge >= 0.3 is 5.97 Å². The summed E-state index contributed by atoms with van der Waals surface area (Å²) >= 11 is 0.974. The Kier molecular flexibility index (Phi) is 6.24. The number of hydrogen-bond donors (Lipinski definition) is 1. The average Bonchev–Trinajstić information content (AvgIpc) is 3.21. The number of carboxylic acid groups (broad SMARTS) is 1. The van der Waals surface area contributed by atoms with Crippen molar-refractivity contribution in [3.05, 3.63) is 88.8 Å². The first-order chi connectivity index (χ1) is 15.1. The minimum absolute atomic E-state index is 0.110. The Hall–Kier alpha value is -3.71. The van der Waals surface area contributed by atoms with Crippen molar-refractivity contribution in [3.63, 3.8) is 0 Å². The molecule has 0 aliphatic rings. The van der Waals surface area contributed by atoms with E-state index in [2.05, 4.69) is 4.98 Å². The molecule has 0 aliphatic carbocycles. The number of rotatable bonds is 8. The first kappa shape index (κ1) is 20.6. The number of oxazole rings is 1. The molecule has 4 rings (SSSR count). The Balaban J connectivity index is 1.43. The lowest BCUT2D eigenvalue weighted by atomic mass is 10.2. The molecule has 0 spiro atoms. The Morgan fingerprint density at radius 2 is 1.74 bits per heavy atom. The summed E-state index contributed by atoms with van der Waals surface area (Å²) in [5.41, 5.74) is 3.06. The monoisotopic (exact) mass is 433 g/mol. The number of aromatic nitrogens is 1. The van der Waals surface area contributed by atoms with Crippen LogP contribution in [0.15, 0.2) is 87.3 Å². The zero-order chi connectivity index (χ0) is 21.6. The SMILES string of the molecule is COc1ccc(COc2ccc(/C=C(\Sc3nc4ccccc4o3)C(=O)O)cc2)cc1. The number of fused-ring (bicyclic) bond motifs is 1. The number of carbonyl (C=O) groups is 1. The van der Waals surface area contributed by atoms with E-state index in [1.807, 2.05) is 42.5 Å². The standard InChI is InChI=1S/C24H19NO5S/c1-28-18-10-8-17(9-11-18)15-29-19-12-6-16(7-13-19)14-22(23(26)27)31-24-25-20-4-2-3-5-21(20)30-24/h2-14H,15H2,1H3,(H,26,27)/b22-14-. The molecule has 0 aliphatic heterocycles. The summed E-state index contributed by atoms with van der Waals surface area (Å²) in [4.78, 5) is 16.1. The first-order valence-corrected chi connectivity index (χ1v) is 10.3. The second kappa shape index (κ2) is 9.40. The van der Waals surface area contributed by atoms with Crippen LogP contribution in [0.5, 0.6) is 11.5 Å². The van der Waals surface area contributed by atoms with Gasteiger partial charge in [0.05, 0.1) is 7.11 Å². The molecule has 156 valence electrons. The number of benzene rings is 3. The maximum absolute atomic E-state index is 11.7. The number of methoxy groups -OCH3 is 1. The molecule has 3 aromatic carbocycles. The van der Waals surface area contributed by atoms with Crippen molar-refractivity contribution in [2.75, 3.05) is 7.11 Å². The van der Waals surface area contributed by atoms with E-state index in [1.165, 1.54) is 0 Å². The summed E-state index contributed by atoms with van der Waals surface area (Å²) in [5.74, 6) is 0.438. The lowest BCUT2D eigenvalue weighted by molar-refractivity contribution is -0.131. The summed E-state index contributed by atoms with van der Waals surface area (Å²) in [6, 6.07) is 22.2. The quantitative estimate of drug-likeness (QED) is 0.285. The number of aliphatic carboxylic acids is 1. The molecule has 4 aromatic rings. The van der Waals surface area contributed by atoms with E-state index in [0.717, 1.165) is 28.6 Å². The van der Waals surface area contributed by atoms with E-state index < -0.39 is 5.97 Å². The Morgan fingerprint density at radius 1 is 1.03 bits per heavy atom. The smallest absolute Gasteiger partial charge is 0.342 e. The molecule has 31 heavy (non-hydrogen) atoms. The highest BCUT2D eigenvalue weighted by molar-refractivity contribution is 8.03. The van der Waals surface area contributed by atoms with Crippen LogP contribution in [0.4, 0.5) is 0 Å². The van der Waals surface area contributed by atoms with Gasteiger partial charge in [-0.3, -0.25) is 0 Å². The second-order valence-electron chi connectivity index (χ2n) is 6.57. The van der Waals surface area contributed by atoms with Gasteiger partial charge in [-0.1, -0.05) is 36.4 Å². The zero-order valence-corrected chi connectivity index (χ0v) is 17.5. The first-order valence-electron chi connectivity index (χ1n) is 9.45. The fourth-order valence-electron chi connectivity index (χ4n) is 2.82. The predicted octanol–water partition coefficient (Wildman–Crippen LogP) is 5.63. The number of nitrogens with zero attached hydrogens (tertiary/aromatic N) is 1. The molecule has 0 amide bonds. The van der Waals surface area contributed by atoms with Crippen LogP contribution in [0, 0.1) is 0 Å². The molecule has 0 saturated carbocycles. The maximum Gasteiger partial charge on any atom is 0.342 e. The molecule has 0 bridgehead atoms. The van der Waals surface area contributed by atoms with Crippen molar-refractivity contribution in [3.8, 4) is 11.5 Å². The minimum atomic E-state index is -1.05. The van der Waals surface area contributed by atoms with Gasteiger partial charge < -0.3 is 19.0 Å². The van der Waals surface area contributed by atoms with Crippen LogP contribution in [0.3, 0.4) is 0 Å². The fraction of sp³-hybridized carbons (Fsp3) is 0.0833. The van der Waals surface area contributed by atoms with Crippen molar-refractivity contribution in [2.24, 2.45) is 0 Å². The molecular formula is C24H19NO5S. The highest BCUT2D eigenvalue weighted by Gasteiger charge is 2.14. The molecule has 0 unspecified atom stereocenters. The molecule has 1 aromatic heterocycles. The van der Waals surface area contributed by atoms with E-state index in [-0.39, 0.29) is 10.1 Å². The van der Waals surface area contributed by atoms with Gasteiger partial charge in [0.25, 0.3) is 5.22 Å². The molecule has 0 radical (unpaired) electrons. The van der Waals surface area contributed by atoms with E-state index in [9.17, 15) is 9.90 Å². The summed E-state index contributed by atoms with van der Waals surface area (Å²) in [5, 5.41) is 9.87. The van der Waals surface area contributed by atoms with Crippen LogP contribution < -0.4 is 9.47 Å². The Bertz CT molecular complexity index is 1180. The van der Waals surface area contributed by atoms with Gasteiger partial charge in [0.2, 0.25) is 0 Å². The van der Waals surface area contributed by atoms with E-state index >= 15 is 0 Å². The van der Waals surface area contributed by atoms with E-state index in [1.54, 1.807) is 43.5 Å². The highest BCUT2D eigenvalue weighted by atomic mass is 32.2. The van der Waals surface area contributed by atoms with Gasteiger partial charge in [-0.25, -0.2) is 9.78 Å². The van der Waals surface area contributed by atoms with Gasteiger partial charge in [-0.05, 0) is 65.4 Å². The van der Waals surface area contributed by atoms with Crippen LogP contribution in [-0.2, 0) is 11.4 Å². The number of ether oxygens (including phenoxy) is 2. The molecule has 0 fully saturated rings. The average molecular weight is 433 g/mol. The summed E-state index contributed by atoms with van der Waals surface area (Å²) < 4.78 is 16.6. The van der Waals surface area contributed by atoms with Crippen molar-refractivity contribution < 1.29 is 23.8 Å². The van der Waals surface area contributed by atoms with Gasteiger partial charge in [-0.2, -0.15) is 0 Å². The molecule has 0 atom stereocenters. The Morgan fingerprint density at radius 3 is 2.42 bits per heavy atom. The van der Waals surface area contributed by atoms with Gasteiger partial charge in [-0.15, -0.1) is 0 Å². The van der Waals surface area contributed by atoms with Gasteiger partial charge in [0.15, 0.2) is 5.58 Å². The van der Waals surface area contributed by atoms with E-state index in [4.69, 9.17) is 13.9 Å². The summed E-state index contributed by atoms with van der Waals surface area (Å²) in [7, 11) is 1.63. The third kappa shape index (κ3) is 5.26. The van der Waals surface area contributed by atoms with Crippen LogP contribution in [0.2, 0.25) is 0 Å². The van der Waals surface area contributed by atoms with Crippen molar-refractivity contribution in [1.29, 1.82) is 0 Å². The number of carboxylic acids is 1. The number of para-hydroxylation sites is 2. The Labute approximate surface area is 183 Å². The van der Waals surface area contributed by atoms with Gasteiger partial charge in [0.1, 0.15) is 28.5 Å². The molecule has 1 heterocycles. The normalized spacial score (nSPS) is 11.5. The molecule has 0 saturated heterocycles. The van der Waals surface area contributed by atoms with Crippen LogP contribution in [-0.4, -0.2) is 23.2 Å². The number of hydrogen-bond acceptors (Lipinski definition) is 6. The molecule has 1 N–H and O–H groups in total. The van der Waals surface area contributed by atoms with Crippen LogP contribution in [0.25, 0.3) is 17.2 Å². The van der Waals surface area contributed by atoms with Crippen molar-refractivity contribution in [1.82, 2.24) is 4.98 Å². The van der Waals surface area contributed by atoms with Gasteiger partial charge in [0, 0.05) is 0 Å². The largest absolute Gasteiger partial charge is 0.497 e. The summed E-state index contributed by atoms with van der Waals surface area (Å²) in [6.45, 7) is 0.424. The maximum atomic E-state index is 11.7. The van der Waals surface area contributed by atoms with Crippen LogP contribution in [0.1, 0.15) is 11.1 Å². The lowest BCUT2D eigenvalue weighted by Crippen LogP contribution is -1.97. The minimum Gasteiger partial charge on any atom is -0.497 e. The summed E-state index contributed by atoms with van der Waals surface area (Å²) in [6.07, 6.45) is 1.58. The van der Waals surface area contributed by atoms with E-state index in [0.29, 0.717) is 23.5 Å². The second-order valence-corrected chi connectivity index (χ2v) is 7.56. The van der Waals surface area contributed by atoms with Crippen molar-refractivity contribution in [2.45, 2.75) is 11.8 Å². The van der Waals surface area contributed by atoms with Crippen molar-refractivity contribution >= 4 is 34.9 Å². The zero-order valence-electron chi connectivity index (χ0n) is 16.6.